The Bertz CT molecular complexity index is 736. The molecule has 0 spiro atoms. The second-order valence-corrected chi connectivity index (χ2v) is 4.79. The van der Waals surface area contributed by atoms with Crippen LogP contribution in [-0.4, -0.2) is 20.9 Å². The van der Waals surface area contributed by atoms with E-state index in [1.165, 1.54) is 0 Å². The number of nitrogens with one attached hydrogen (secondary N) is 1. The van der Waals surface area contributed by atoms with E-state index in [0.717, 1.165) is 5.69 Å². The average molecular weight is 299 g/mol. The van der Waals surface area contributed by atoms with Crippen molar-refractivity contribution >= 4 is 23.2 Å². The molecule has 3 aromatic rings. The minimum Gasteiger partial charge on any atom is -0.322 e. The van der Waals surface area contributed by atoms with Crippen molar-refractivity contribution in [2.24, 2.45) is 0 Å². The number of halogens is 1. The summed E-state index contributed by atoms with van der Waals surface area (Å²) < 4.78 is 1.63. The van der Waals surface area contributed by atoms with Crippen molar-refractivity contribution in [1.29, 1.82) is 0 Å². The number of benzene rings is 2. The minimum atomic E-state index is -0.178. The number of carbonyl (C=O) groups is 1. The van der Waals surface area contributed by atoms with Crippen LogP contribution in [0.15, 0.2) is 60.9 Å². The zero-order chi connectivity index (χ0) is 14.7. The fourth-order valence-electron chi connectivity index (χ4n) is 1.85. The van der Waals surface area contributed by atoms with E-state index in [2.05, 4.69) is 15.6 Å². The van der Waals surface area contributed by atoms with E-state index >= 15 is 0 Å². The second kappa shape index (κ2) is 5.76. The first-order valence-electron chi connectivity index (χ1n) is 6.26. The smallest absolute Gasteiger partial charge is 0.255 e. The van der Waals surface area contributed by atoms with E-state index in [0.29, 0.717) is 16.3 Å². The van der Waals surface area contributed by atoms with Gasteiger partial charge in [-0.05, 0) is 48.5 Å². The minimum absolute atomic E-state index is 0.178. The van der Waals surface area contributed by atoms with Crippen LogP contribution in [0.25, 0.3) is 5.69 Å². The Morgan fingerprint density at radius 2 is 1.76 bits per heavy atom. The lowest BCUT2D eigenvalue weighted by molar-refractivity contribution is 0.102. The molecule has 0 saturated carbocycles. The lowest BCUT2D eigenvalue weighted by Gasteiger charge is -2.06. The normalized spacial score (nSPS) is 10.3. The standard InChI is InChI=1S/C15H11ClN4O/c16-12-3-5-13(6-4-12)18-15(21)11-1-7-14(8-2-11)20-10-9-17-19-20/h1-10H,(H,18,21). The SMILES string of the molecule is O=C(Nc1ccc(Cl)cc1)c1ccc(-n2ccnn2)cc1. The van der Waals surface area contributed by atoms with E-state index in [9.17, 15) is 4.79 Å². The molecule has 0 unspecified atom stereocenters. The fourth-order valence-corrected chi connectivity index (χ4v) is 1.97. The highest BCUT2D eigenvalue weighted by Crippen LogP contribution is 2.15. The third kappa shape index (κ3) is 3.09. The first-order valence-corrected chi connectivity index (χ1v) is 6.64. The van der Waals surface area contributed by atoms with Gasteiger partial charge in [0.25, 0.3) is 5.91 Å². The molecule has 1 amide bonds. The molecule has 1 aromatic heterocycles. The van der Waals surface area contributed by atoms with Crippen molar-refractivity contribution in [2.45, 2.75) is 0 Å². The Hall–Kier alpha value is -2.66. The van der Waals surface area contributed by atoms with Gasteiger partial charge in [0.2, 0.25) is 0 Å². The molecule has 3 rings (SSSR count). The van der Waals surface area contributed by atoms with Crippen LogP contribution in [0.2, 0.25) is 5.02 Å². The highest BCUT2D eigenvalue weighted by Gasteiger charge is 2.06. The molecule has 6 heteroatoms. The van der Waals surface area contributed by atoms with E-state index in [4.69, 9.17) is 11.6 Å². The quantitative estimate of drug-likeness (QED) is 0.808. The molecule has 0 fully saturated rings. The van der Waals surface area contributed by atoms with Gasteiger partial charge < -0.3 is 5.32 Å². The van der Waals surface area contributed by atoms with Gasteiger partial charge in [-0.25, -0.2) is 4.68 Å². The Morgan fingerprint density at radius 3 is 2.38 bits per heavy atom. The van der Waals surface area contributed by atoms with Crippen molar-refractivity contribution in [1.82, 2.24) is 15.0 Å². The molecule has 0 atom stereocenters. The van der Waals surface area contributed by atoms with Crippen LogP contribution in [0, 0.1) is 0 Å². The summed E-state index contributed by atoms with van der Waals surface area (Å²) in [5.74, 6) is -0.178. The van der Waals surface area contributed by atoms with Gasteiger partial charge in [0, 0.05) is 16.3 Å². The summed E-state index contributed by atoms with van der Waals surface area (Å²) in [4.78, 5) is 12.1. The molecular weight excluding hydrogens is 288 g/mol. The zero-order valence-electron chi connectivity index (χ0n) is 10.9. The molecule has 2 aromatic carbocycles. The number of carbonyl (C=O) groups excluding carboxylic acids is 1. The van der Waals surface area contributed by atoms with E-state index in [-0.39, 0.29) is 5.91 Å². The molecular formula is C15H11ClN4O. The van der Waals surface area contributed by atoms with Crippen molar-refractivity contribution < 1.29 is 4.79 Å². The van der Waals surface area contributed by atoms with Gasteiger partial charge >= 0.3 is 0 Å². The summed E-state index contributed by atoms with van der Waals surface area (Å²) >= 11 is 5.81. The van der Waals surface area contributed by atoms with Gasteiger partial charge in [-0.3, -0.25) is 4.79 Å². The van der Waals surface area contributed by atoms with Gasteiger partial charge in [0.1, 0.15) is 0 Å². The van der Waals surface area contributed by atoms with Crippen LogP contribution in [-0.2, 0) is 0 Å². The van der Waals surface area contributed by atoms with Gasteiger partial charge in [-0.1, -0.05) is 16.8 Å². The average Bonchev–Trinajstić information content (AvgIpc) is 3.04. The Morgan fingerprint density at radius 1 is 1.05 bits per heavy atom. The van der Waals surface area contributed by atoms with Crippen LogP contribution in [0.1, 0.15) is 10.4 Å². The number of amides is 1. The van der Waals surface area contributed by atoms with Gasteiger partial charge in [0.05, 0.1) is 18.1 Å². The van der Waals surface area contributed by atoms with Gasteiger partial charge in [0.15, 0.2) is 0 Å². The largest absolute Gasteiger partial charge is 0.322 e. The fraction of sp³-hybridized carbons (Fsp3) is 0. The monoisotopic (exact) mass is 298 g/mol. The highest BCUT2D eigenvalue weighted by atomic mass is 35.5. The third-order valence-corrected chi connectivity index (χ3v) is 3.17. The molecule has 21 heavy (non-hydrogen) atoms. The summed E-state index contributed by atoms with van der Waals surface area (Å²) in [7, 11) is 0. The molecule has 0 bridgehead atoms. The summed E-state index contributed by atoms with van der Waals surface area (Å²) in [5, 5.41) is 11.1. The molecule has 1 heterocycles. The predicted octanol–water partition coefficient (Wildman–Crippen LogP) is 3.17. The van der Waals surface area contributed by atoms with Crippen LogP contribution in [0.3, 0.4) is 0 Å². The summed E-state index contributed by atoms with van der Waals surface area (Å²) in [6, 6.07) is 14.1. The predicted molar refractivity (Wildman–Crippen MR) is 80.8 cm³/mol. The Kier molecular flexibility index (Phi) is 3.66. The summed E-state index contributed by atoms with van der Waals surface area (Å²) in [6.45, 7) is 0. The maximum atomic E-state index is 12.1. The van der Waals surface area contributed by atoms with E-state index in [1.807, 2.05) is 12.1 Å². The highest BCUT2D eigenvalue weighted by molar-refractivity contribution is 6.30. The number of nitrogens with zero attached hydrogens (tertiary/aromatic N) is 3. The summed E-state index contributed by atoms with van der Waals surface area (Å²) in [6.07, 6.45) is 3.34. The van der Waals surface area contributed by atoms with Gasteiger partial charge in [-0.15, -0.1) is 5.10 Å². The van der Waals surface area contributed by atoms with E-state index < -0.39 is 0 Å². The lowest BCUT2D eigenvalue weighted by atomic mass is 10.2. The summed E-state index contributed by atoms with van der Waals surface area (Å²) in [5.41, 5.74) is 2.11. The van der Waals surface area contributed by atoms with Crippen LogP contribution in [0.4, 0.5) is 5.69 Å². The topological polar surface area (TPSA) is 59.8 Å². The molecule has 1 N–H and O–H groups in total. The van der Waals surface area contributed by atoms with Crippen molar-refractivity contribution in [3.63, 3.8) is 0 Å². The van der Waals surface area contributed by atoms with Crippen molar-refractivity contribution in [3.8, 4) is 5.69 Å². The van der Waals surface area contributed by atoms with Crippen molar-refractivity contribution in [3.05, 3.63) is 71.5 Å². The van der Waals surface area contributed by atoms with Gasteiger partial charge in [-0.2, -0.15) is 0 Å². The Balaban J connectivity index is 1.74. The first-order chi connectivity index (χ1) is 10.2. The van der Waals surface area contributed by atoms with Crippen molar-refractivity contribution in [2.75, 3.05) is 5.32 Å². The maximum absolute atomic E-state index is 12.1. The van der Waals surface area contributed by atoms with Crippen LogP contribution >= 0.6 is 11.6 Å². The van der Waals surface area contributed by atoms with Crippen LogP contribution < -0.4 is 5.32 Å². The van der Waals surface area contributed by atoms with E-state index in [1.54, 1.807) is 53.5 Å². The number of hydrogen-bond acceptors (Lipinski definition) is 3. The molecule has 0 radical (unpaired) electrons. The zero-order valence-corrected chi connectivity index (χ0v) is 11.7. The molecule has 0 aliphatic heterocycles. The third-order valence-electron chi connectivity index (χ3n) is 2.92. The second-order valence-electron chi connectivity index (χ2n) is 4.36. The number of hydrogen-bond donors (Lipinski definition) is 1. The molecule has 0 aliphatic carbocycles. The first kappa shape index (κ1) is 13.3. The lowest BCUT2D eigenvalue weighted by Crippen LogP contribution is -2.11. The van der Waals surface area contributed by atoms with Crippen LogP contribution in [0.5, 0.6) is 0 Å². The number of rotatable bonds is 3. The molecule has 0 saturated heterocycles. The number of aromatic nitrogens is 3. The molecule has 5 nitrogen and oxygen atoms in total. The molecule has 0 aliphatic rings. The number of anilines is 1. The maximum Gasteiger partial charge on any atom is 0.255 e. The molecule has 104 valence electrons. The Labute approximate surface area is 126 Å².